The molecule has 134 valence electrons. The van der Waals surface area contributed by atoms with E-state index >= 15 is 0 Å². The van der Waals surface area contributed by atoms with Crippen molar-refractivity contribution in [2.45, 2.75) is 37.3 Å². The molecule has 24 heavy (non-hydrogen) atoms. The van der Waals surface area contributed by atoms with E-state index in [0.29, 0.717) is 31.9 Å². The molecule has 4 nitrogen and oxygen atoms in total. The van der Waals surface area contributed by atoms with Gasteiger partial charge in [0.1, 0.15) is 11.6 Å². The Bertz CT molecular complexity index is 544. The van der Waals surface area contributed by atoms with Crippen molar-refractivity contribution in [3.63, 3.8) is 0 Å². The number of aliphatic hydroxyl groups excluding tert-OH is 1. The molecule has 1 heterocycles. The molecule has 0 bridgehead atoms. The van der Waals surface area contributed by atoms with Gasteiger partial charge in [-0.15, -0.1) is 0 Å². The van der Waals surface area contributed by atoms with Gasteiger partial charge in [-0.1, -0.05) is 18.9 Å². The van der Waals surface area contributed by atoms with Crippen LogP contribution < -0.4 is 5.32 Å². The van der Waals surface area contributed by atoms with Gasteiger partial charge in [0.2, 0.25) is 0 Å². The Kier molecular flexibility index (Phi) is 5.81. The van der Waals surface area contributed by atoms with E-state index in [9.17, 15) is 13.9 Å². The summed E-state index contributed by atoms with van der Waals surface area (Å²) in [7, 11) is 0. The van der Waals surface area contributed by atoms with Crippen LogP contribution in [0.4, 0.5) is 8.78 Å². The largest absolute Gasteiger partial charge is 0.390 e. The molecule has 1 aromatic carbocycles. The quantitative estimate of drug-likeness (QED) is 0.832. The zero-order chi connectivity index (χ0) is 17.0. The number of hydrogen-bond acceptors (Lipinski definition) is 4. The van der Waals surface area contributed by atoms with Crippen molar-refractivity contribution in [3.8, 4) is 0 Å². The van der Waals surface area contributed by atoms with Crippen LogP contribution in [-0.2, 0) is 10.3 Å². The molecule has 6 heteroatoms. The van der Waals surface area contributed by atoms with E-state index in [2.05, 4.69) is 10.2 Å². The normalized spacial score (nSPS) is 22.6. The summed E-state index contributed by atoms with van der Waals surface area (Å²) in [6, 6.07) is 3.79. The molecule has 1 atom stereocenters. The molecule has 1 aromatic rings. The first-order valence-corrected chi connectivity index (χ1v) is 8.78. The lowest BCUT2D eigenvalue weighted by Crippen LogP contribution is -2.48. The van der Waals surface area contributed by atoms with Gasteiger partial charge in [0.25, 0.3) is 0 Å². The molecule has 0 aromatic heterocycles. The number of nitrogens with zero attached hydrogens (tertiary/aromatic N) is 1. The van der Waals surface area contributed by atoms with Crippen LogP contribution in [0.5, 0.6) is 0 Å². The van der Waals surface area contributed by atoms with Crippen LogP contribution in [0.15, 0.2) is 18.2 Å². The fraction of sp³-hybridized carbons (Fsp3) is 0.667. The van der Waals surface area contributed by atoms with Crippen LogP contribution in [0.1, 0.15) is 31.2 Å². The third kappa shape index (κ3) is 4.11. The van der Waals surface area contributed by atoms with E-state index < -0.39 is 23.3 Å². The maximum atomic E-state index is 14.3. The third-order valence-electron chi connectivity index (χ3n) is 5.15. The summed E-state index contributed by atoms with van der Waals surface area (Å²) < 4.78 is 32.8. The summed E-state index contributed by atoms with van der Waals surface area (Å²) in [4.78, 5) is 2.18. The maximum absolute atomic E-state index is 14.3. The molecule has 2 fully saturated rings. The summed E-state index contributed by atoms with van der Waals surface area (Å²) >= 11 is 0. The van der Waals surface area contributed by atoms with Crippen molar-refractivity contribution in [1.82, 2.24) is 10.2 Å². The summed E-state index contributed by atoms with van der Waals surface area (Å²) in [5, 5.41) is 13.7. The second-order valence-corrected chi connectivity index (χ2v) is 6.86. The highest BCUT2D eigenvalue weighted by molar-refractivity contribution is 5.28. The molecule has 1 aliphatic heterocycles. The fourth-order valence-corrected chi connectivity index (χ4v) is 3.86. The number of β-amino-alcohol motifs (C(OH)–C–C–N with tert-alkyl or cyclic N) is 1. The predicted octanol–water partition coefficient (Wildman–Crippen LogP) is 2.02. The number of morpholine rings is 1. The number of hydrogen-bond donors (Lipinski definition) is 2. The molecule has 2 aliphatic rings. The van der Waals surface area contributed by atoms with Crippen molar-refractivity contribution in [3.05, 3.63) is 35.4 Å². The summed E-state index contributed by atoms with van der Waals surface area (Å²) in [6.45, 7) is 4.03. The number of nitrogens with one attached hydrogen (secondary N) is 1. The van der Waals surface area contributed by atoms with Gasteiger partial charge in [-0.3, -0.25) is 4.90 Å². The zero-order valence-corrected chi connectivity index (χ0v) is 13.9. The van der Waals surface area contributed by atoms with E-state index in [4.69, 9.17) is 4.74 Å². The first kappa shape index (κ1) is 17.7. The molecular formula is C18H26F2N2O2. The van der Waals surface area contributed by atoms with Crippen molar-refractivity contribution >= 4 is 0 Å². The van der Waals surface area contributed by atoms with Gasteiger partial charge in [-0.2, -0.15) is 0 Å². The minimum absolute atomic E-state index is 0.397. The molecule has 1 saturated carbocycles. The van der Waals surface area contributed by atoms with Crippen LogP contribution in [0.2, 0.25) is 0 Å². The van der Waals surface area contributed by atoms with E-state index in [0.717, 1.165) is 44.8 Å². The smallest absolute Gasteiger partial charge is 0.131 e. The number of aliphatic hydroxyl groups is 1. The Morgan fingerprint density at radius 1 is 1.21 bits per heavy atom. The van der Waals surface area contributed by atoms with Gasteiger partial charge < -0.3 is 15.2 Å². The first-order chi connectivity index (χ1) is 11.6. The predicted molar refractivity (Wildman–Crippen MR) is 87.8 cm³/mol. The molecule has 0 radical (unpaired) electrons. The number of ether oxygens (including phenoxy) is 1. The molecular weight excluding hydrogens is 314 g/mol. The van der Waals surface area contributed by atoms with Gasteiger partial charge >= 0.3 is 0 Å². The zero-order valence-electron chi connectivity index (χ0n) is 13.9. The van der Waals surface area contributed by atoms with Crippen molar-refractivity contribution in [2.75, 3.05) is 39.4 Å². The minimum Gasteiger partial charge on any atom is -0.390 e. The Morgan fingerprint density at radius 3 is 2.58 bits per heavy atom. The standard InChI is InChI=1S/C18H26F2N2O2/c19-14-3-4-16(17(20)11-14)18(5-1-2-6-18)21-12-15(23)13-22-7-9-24-10-8-22/h3-4,11,15,21,23H,1-2,5-10,12-13H2. The highest BCUT2D eigenvalue weighted by Crippen LogP contribution is 2.40. The van der Waals surface area contributed by atoms with E-state index in [-0.39, 0.29) is 0 Å². The molecule has 2 N–H and O–H groups in total. The molecule has 1 aliphatic carbocycles. The Balaban J connectivity index is 1.63. The Labute approximate surface area is 141 Å². The van der Waals surface area contributed by atoms with Crippen LogP contribution >= 0.6 is 0 Å². The lowest BCUT2D eigenvalue weighted by molar-refractivity contribution is 0.0133. The SMILES string of the molecule is OC(CNC1(c2ccc(F)cc2F)CCCC1)CN1CCOCC1. The maximum Gasteiger partial charge on any atom is 0.131 e. The lowest BCUT2D eigenvalue weighted by Gasteiger charge is -2.34. The van der Waals surface area contributed by atoms with Crippen molar-refractivity contribution in [2.24, 2.45) is 0 Å². The summed E-state index contributed by atoms with van der Waals surface area (Å²) in [5.74, 6) is -1.07. The van der Waals surface area contributed by atoms with Gasteiger partial charge in [-0.25, -0.2) is 8.78 Å². The molecule has 0 amide bonds. The van der Waals surface area contributed by atoms with Crippen molar-refractivity contribution < 1.29 is 18.6 Å². The van der Waals surface area contributed by atoms with Gasteiger partial charge in [0, 0.05) is 43.3 Å². The van der Waals surface area contributed by atoms with E-state index in [1.54, 1.807) is 0 Å². The topological polar surface area (TPSA) is 44.7 Å². The Morgan fingerprint density at radius 2 is 1.92 bits per heavy atom. The number of rotatable bonds is 6. The van der Waals surface area contributed by atoms with Crippen molar-refractivity contribution in [1.29, 1.82) is 0 Å². The third-order valence-corrected chi connectivity index (χ3v) is 5.15. The lowest BCUT2D eigenvalue weighted by atomic mass is 9.87. The number of halogens is 2. The van der Waals surface area contributed by atoms with Gasteiger partial charge in [0.05, 0.1) is 19.3 Å². The van der Waals surface area contributed by atoms with Crippen LogP contribution in [0, 0.1) is 11.6 Å². The monoisotopic (exact) mass is 340 g/mol. The van der Waals surface area contributed by atoms with Crippen LogP contribution in [0.3, 0.4) is 0 Å². The second kappa shape index (κ2) is 7.87. The summed E-state index contributed by atoms with van der Waals surface area (Å²) in [6.07, 6.45) is 3.09. The first-order valence-electron chi connectivity index (χ1n) is 8.78. The fourth-order valence-electron chi connectivity index (χ4n) is 3.86. The van der Waals surface area contributed by atoms with E-state index in [1.165, 1.54) is 12.1 Å². The molecule has 3 rings (SSSR count). The van der Waals surface area contributed by atoms with Gasteiger partial charge in [0.15, 0.2) is 0 Å². The summed E-state index contributed by atoms with van der Waals surface area (Å²) in [5.41, 5.74) is 0.0176. The van der Waals surface area contributed by atoms with Gasteiger partial charge in [-0.05, 0) is 18.9 Å². The van der Waals surface area contributed by atoms with Crippen LogP contribution in [0.25, 0.3) is 0 Å². The average molecular weight is 340 g/mol. The highest BCUT2D eigenvalue weighted by Gasteiger charge is 2.37. The molecule has 0 spiro atoms. The number of benzene rings is 1. The Hall–Kier alpha value is -1.08. The average Bonchev–Trinajstić information content (AvgIpc) is 3.04. The highest BCUT2D eigenvalue weighted by atomic mass is 19.1. The van der Waals surface area contributed by atoms with E-state index in [1.807, 2.05) is 0 Å². The molecule has 1 unspecified atom stereocenters. The second-order valence-electron chi connectivity index (χ2n) is 6.86. The van der Waals surface area contributed by atoms with Crippen LogP contribution in [-0.4, -0.2) is 55.5 Å². The molecule has 1 saturated heterocycles. The minimum atomic E-state index is -0.559.